The van der Waals surface area contributed by atoms with E-state index in [9.17, 15) is 9.59 Å². The van der Waals surface area contributed by atoms with Crippen LogP contribution in [0.5, 0.6) is 0 Å². The number of likely N-dealkylation sites (tertiary alicyclic amines) is 1. The Morgan fingerprint density at radius 2 is 2.04 bits per heavy atom. The van der Waals surface area contributed by atoms with Crippen molar-refractivity contribution in [2.75, 3.05) is 19.7 Å². The fraction of sp³-hybridized carbons (Fsp3) is 0.611. The summed E-state index contributed by atoms with van der Waals surface area (Å²) < 4.78 is 5.08. The van der Waals surface area contributed by atoms with Crippen LogP contribution in [0.15, 0.2) is 4.79 Å². The van der Waals surface area contributed by atoms with Gasteiger partial charge in [0.05, 0.1) is 18.5 Å². The van der Waals surface area contributed by atoms with Crippen LogP contribution in [0.4, 0.5) is 0 Å². The first-order valence-corrected chi connectivity index (χ1v) is 9.62. The predicted molar refractivity (Wildman–Crippen MR) is 99.2 cm³/mol. The Balaban J connectivity index is 1.91. The number of hydrogen-bond acceptors (Lipinski definition) is 6. The molecular formula is C18H25N3O3S. The molecule has 0 aromatic carbocycles. The number of aromatic amines is 1. The molecule has 25 heavy (non-hydrogen) atoms. The van der Waals surface area contributed by atoms with Crippen LogP contribution in [0.1, 0.15) is 48.3 Å². The van der Waals surface area contributed by atoms with Gasteiger partial charge in [0, 0.05) is 13.1 Å². The highest BCUT2D eigenvalue weighted by Crippen LogP contribution is 2.28. The number of nitrogens with zero attached hydrogens (tertiary/aromatic N) is 2. The Labute approximate surface area is 151 Å². The lowest BCUT2D eigenvalue weighted by molar-refractivity contribution is 0.0531. The van der Waals surface area contributed by atoms with Crippen molar-refractivity contribution in [3.8, 4) is 0 Å². The summed E-state index contributed by atoms with van der Waals surface area (Å²) in [5.41, 5.74) is 0.473. The highest BCUT2D eigenvalue weighted by molar-refractivity contribution is 7.20. The SMILES string of the molecule is CCOC(=O)c1sc2nc(CN3C[C@@H](C)C[C@H](C)C3)[nH]c(=O)c2c1C. The van der Waals surface area contributed by atoms with Crippen LogP contribution in [0.2, 0.25) is 0 Å². The second-order valence-corrected chi connectivity index (χ2v) is 8.11. The Morgan fingerprint density at radius 3 is 2.68 bits per heavy atom. The van der Waals surface area contributed by atoms with Crippen LogP contribution in [-0.4, -0.2) is 40.5 Å². The van der Waals surface area contributed by atoms with E-state index in [-0.39, 0.29) is 11.5 Å². The predicted octanol–water partition coefficient (Wildman–Crippen LogP) is 2.95. The molecule has 0 aliphatic carbocycles. The highest BCUT2D eigenvalue weighted by atomic mass is 32.1. The largest absolute Gasteiger partial charge is 0.462 e. The van der Waals surface area contributed by atoms with Gasteiger partial charge in [-0.2, -0.15) is 0 Å². The van der Waals surface area contributed by atoms with E-state index < -0.39 is 0 Å². The molecule has 1 aliphatic rings. The van der Waals surface area contributed by atoms with Gasteiger partial charge in [-0.3, -0.25) is 9.69 Å². The van der Waals surface area contributed by atoms with E-state index in [1.54, 1.807) is 13.8 Å². The molecule has 0 radical (unpaired) electrons. The van der Waals surface area contributed by atoms with Crippen molar-refractivity contribution in [1.29, 1.82) is 0 Å². The normalized spacial score (nSPS) is 21.6. The van der Waals surface area contributed by atoms with Crippen molar-refractivity contribution in [3.05, 3.63) is 26.6 Å². The van der Waals surface area contributed by atoms with Gasteiger partial charge in [0.15, 0.2) is 0 Å². The van der Waals surface area contributed by atoms with Gasteiger partial charge in [-0.25, -0.2) is 9.78 Å². The minimum absolute atomic E-state index is 0.178. The minimum atomic E-state index is -0.386. The summed E-state index contributed by atoms with van der Waals surface area (Å²) in [7, 11) is 0. The van der Waals surface area contributed by atoms with Crippen LogP contribution in [0.3, 0.4) is 0 Å². The zero-order valence-corrected chi connectivity index (χ0v) is 16.0. The van der Waals surface area contributed by atoms with E-state index in [0.29, 0.717) is 51.5 Å². The summed E-state index contributed by atoms with van der Waals surface area (Å²) >= 11 is 1.24. The standard InChI is InChI=1S/C18H25N3O3S/c1-5-24-18(23)15-12(4)14-16(22)19-13(20-17(14)25-15)9-21-7-10(2)6-11(3)8-21/h10-11H,5-9H2,1-4H3,(H,19,20,22)/t10-,11-/m0/s1. The number of fused-ring (bicyclic) bond motifs is 1. The summed E-state index contributed by atoms with van der Waals surface area (Å²) in [4.78, 5) is 35.5. The van der Waals surface area contributed by atoms with Gasteiger partial charge >= 0.3 is 5.97 Å². The summed E-state index contributed by atoms with van der Waals surface area (Å²) in [5, 5.41) is 0.497. The number of hydrogen-bond donors (Lipinski definition) is 1. The number of rotatable bonds is 4. The molecular weight excluding hydrogens is 338 g/mol. The van der Waals surface area contributed by atoms with Gasteiger partial charge in [-0.15, -0.1) is 11.3 Å². The van der Waals surface area contributed by atoms with Gasteiger partial charge in [0.2, 0.25) is 0 Å². The van der Waals surface area contributed by atoms with E-state index in [1.807, 2.05) is 0 Å². The Hall–Kier alpha value is -1.73. The minimum Gasteiger partial charge on any atom is -0.462 e. The zero-order chi connectivity index (χ0) is 18.1. The fourth-order valence-electron chi connectivity index (χ4n) is 3.79. The molecule has 3 rings (SSSR count). The lowest BCUT2D eigenvalue weighted by Gasteiger charge is -2.34. The number of thiophene rings is 1. The topological polar surface area (TPSA) is 75.3 Å². The number of nitrogens with one attached hydrogen (secondary N) is 1. The molecule has 2 atom stereocenters. The molecule has 2 aromatic heterocycles. The van der Waals surface area contributed by atoms with E-state index in [1.165, 1.54) is 17.8 Å². The number of carbonyl (C=O) groups excluding carboxylic acids is 1. The van der Waals surface area contributed by atoms with Crippen LogP contribution < -0.4 is 5.56 Å². The maximum atomic E-state index is 12.5. The number of aromatic nitrogens is 2. The van der Waals surface area contributed by atoms with Gasteiger partial charge in [0.25, 0.3) is 5.56 Å². The third kappa shape index (κ3) is 3.77. The highest BCUT2D eigenvalue weighted by Gasteiger charge is 2.24. The van der Waals surface area contributed by atoms with Crippen molar-refractivity contribution in [3.63, 3.8) is 0 Å². The monoisotopic (exact) mass is 363 g/mol. The van der Waals surface area contributed by atoms with Crippen molar-refractivity contribution in [1.82, 2.24) is 14.9 Å². The van der Waals surface area contributed by atoms with Gasteiger partial charge < -0.3 is 9.72 Å². The zero-order valence-electron chi connectivity index (χ0n) is 15.2. The molecule has 1 fully saturated rings. The maximum Gasteiger partial charge on any atom is 0.348 e. The third-order valence-corrected chi connectivity index (χ3v) is 5.79. The first-order chi connectivity index (χ1) is 11.9. The number of ether oxygens (including phenoxy) is 1. The molecule has 7 heteroatoms. The van der Waals surface area contributed by atoms with Crippen LogP contribution in [0, 0.1) is 18.8 Å². The van der Waals surface area contributed by atoms with Crippen LogP contribution in [-0.2, 0) is 11.3 Å². The Bertz CT molecular complexity index is 832. The summed E-state index contributed by atoms with van der Waals surface area (Å²) in [5.74, 6) is 1.58. The molecule has 1 N–H and O–H groups in total. The van der Waals surface area contributed by atoms with E-state index in [4.69, 9.17) is 4.74 Å². The Kier molecular flexibility index (Phi) is 5.24. The number of piperidine rings is 1. The van der Waals surface area contributed by atoms with Gasteiger partial charge in [0.1, 0.15) is 15.5 Å². The molecule has 6 nitrogen and oxygen atoms in total. The summed E-state index contributed by atoms with van der Waals surface area (Å²) in [6.45, 7) is 11.0. The number of H-pyrrole nitrogens is 1. The molecule has 0 amide bonds. The number of aryl methyl sites for hydroxylation is 1. The lowest BCUT2D eigenvalue weighted by Crippen LogP contribution is -2.38. The maximum absolute atomic E-state index is 12.5. The second kappa shape index (κ2) is 7.25. The molecule has 0 spiro atoms. The molecule has 0 saturated carbocycles. The van der Waals surface area contributed by atoms with Crippen molar-refractivity contribution in [2.45, 2.75) is 40.7 Å². The lowest BCUT2D eigenvalue weighted by atomic mass is 9.92. The number of esters is 1. The average molecular weight is 363 g/mol. The molecule has 0 unspecified atom stereocenters. The molecule has 2 aromatic rings. The van der Waals surface area contributed by atoms with Crippen molar-refractivity contribution in [2.24, 2.45) is 11.8 Å². The molecule has 0 bridgehead atoms. The molecule has 3 heterocycles. The average Bonchev–Trinajstić information content (AvgIpc) is 2.83. The van der Waals surface area contributed by atoms with Crippen LogP contribution in [0.25, 0.3) is 10.2 Å². The summed E-state index contributed by atoms with van der Waals surface area (Å²) in [6.07, 6.45) is 1.24. The first-order valence-electron chi connectivity index (χ1n) is 8.80. The molecule has 1 aliphatic heterocycles. The van der Waals surface area contributed by atoms with E-state index in [0.717, 1.165) is 13.1 Å². The van der Waals surface area contributed by atoms with Crippen molar-refractivity contribution >= 4 is 27.5 Å². The third-order valence-electron chi connectivity index (χ3n) is 4.63. The molecule has 136 valence electrons. The van der Waals surface area contributed by atoms with Crippen LogP contribution >= 0.6 is 11.3 Å². The second-order valence-electron chi connectivity index (χ2n) is 7.11. The van der Waals surface area contributed by atoms with E-state index >= 15 is 0 Å². The smallest absolute Gasteiger partial charge is 0.348 e. The van der Waals surface area contributed by atoms with Crippen molar-refractivity contribution < 1.29 is 9.53 Å². The Morgan fingerprint density at radius 1 is 1.36 bits per heavy atom. The first kappa shape index (κ1) is 18.1. The number of carbonyl (C=O) groups is 1. The van der Waals surface area contributed by atoms with E-state index in [2.05, 4.69) is 28.7 Å². The fourth-order valence-corrected chi connectivity index (χ4v) is 4.88. The van der Waals surface area contributed by atoms with Gasteiger partial charge in [-0.05, 0) is 37.7 Å². The quantitative estimate of drug-likeness (QED) is 0.845. The molecule has 1 saturated heterocycles. The van der Waals surface area contributed by atoms with Gasteiger partial charge in [-0.1, -0.05) is 13.8 Å². The summed E-state index contributed by atoms with van der Waals surface area (Å²) in [6, 6.07) is 0.